The van der Waals surface area contributed by atoms with Crippen LogP contribution in [0, 0.1) is 0 Å². The van der Waals surface area contributed by atoms with Crippen molar-refractivity contribution < 1.29 is 5.11 Å². The van der Waals surface area contributed by atoms with E-state index >= 15 is 0 Å². The molecule has 156 valence electrons. The first-order valence-corrected chi connectivity index (χ1v) is 11.7. The van der Waals surface area contributed by atoms with Gasteiger partial charge in [0.05, 0.1) is 0 Å². The van der Waals surface area contributed by atoms with Crippen LogP contribution in [0.3, 0.4) is 0 Å². The van der Waals surface area contributed by atoms with Crippen LogP contribution in [0.15, 0.2) is 12.1 Å². The first-order valence-electron chi connectivity index (χ1n) is 11.7. The molecule has 0 radical (unpaired) electrons. The monoisotopic (exact) mass is 374 g/mol. The summed E-state index contributed by atoms with van der Waals surface area (Å²) in [5.41, 5.74) is 4.06. The Bertz CT molecular complexity index is 510. The van der Waals surface area contributed by atoms with Gasteiger partial charge in [0.1, 0.15) is 5.75 Å². The van der Waals surface area contributed by atoms with Gasteiger partial charge in [-0.2, -0.15) is 0 Å². The lowest BCUT2D eigenvalue weighted by Gasteiger charge is -2.24. The summed E-state index contributed by atoms with van der Waals surface area (Å²) < 4.78 is 0. The lowest BCUT2D eigenvalue weighted by molar-refractivity contribution is 0.460. The Labute approximate surface area is 170 Å². The highest BCUT2D eigenvalue weighted by molar-refractivity contribution is 5.45. The first kappa shape index (κ1) is 24.1. The summed E-state index contributed by atoms with van der Waals surface area (Å²) in [6.07, 6.45) is 18.0. The Balaban J connectivity index is 2.67. The molecule has 0 amide bonds. The molecule has 0 unspecified atom stereocenters. The first-order chi connectivity index (χ1) is 12.9. The summed E-state index contributed by atoms with van der Waals surface area (Å²) in [5, 5.41) is 10.6. The Morgan fingerprint density at radius 2 is 1.07 bits per heavy atom. The molecule has 0 saturated heterocycles. The van der Waals surface area contributed by atoms with Crippen LogP contribution in [-0.2, 0) is 18.3 Å². The quantitative estimate of drug-likeness (QED) is 0.324. The van der Waals surface area contributed by atoms with E-state index in [9.17, 15) is 5.11 Å². The van der Waals surface area contributed by atoms with E-state index in [-0.39, 0.29) is 5.41 Å². The molecule has 1 rings (SSSR count). The van der Waals surface area contributed by atoms with Gasteiger partial charge in [-0.25, -0.2) is 0 Å². The number of rotatable bonds is 14. The zero-order valence-electron chi connectivity index (χ0n) is 19.0. The highest BCUT2D eigenvalue weighted by Gasteiger charge is 2.20. The number of aromatic hydroxyl groups is 1. The number of unbranched alkanes of at least 4 members (excludes halogenated alkanes) is 10. The predicted octanol–water partition coefficient (Wildman–Crippen LogP) is 8.50. The molecular weight excluding hydrogens is 328 g/mol. The fourth-order valence-corrected chi connectivity index (χ4v) is 3.98. The minimum Gasteiger partial charge on any atom is -0.508 e. The van der Waals surface area contributed by atoms with Crippen molar-refractivity contribution in [2.75, 3.05) is 0 Å². The molecule has 0 atom stereocenters. The smallest absolute Gasteiger partial charge is 0.119 e. The fourth-order valence-electron chi connectivity index (χ4n) is 3.98. The van der Waals surface area contributed by atoms with E-state index in [1.807, 2.05) is 0 Å². The van der Waals surface area contributed by atoms with Gasteiger partial charge in [-0.15, -0.1) is 0 Å². The minimum absolute atomic E-state index is 0.0910. The third-order valence-electron chi connectivity index (χ3n) is 5.71. The maximum atomic E-state index is 10.6. The van der Waals surface area contributed by atoms with E-state index in [2.05, 4.69) is 46.8 Å². The van der Waals surface area contributed by atoms with Crippen molar-refractivity contribution in [1.82, 2.24) is 0 Å². The highest BCUT2D eigenvalue weighted by atomic mass is 16.3. The summed E-state index contributed by atoms with van der Waals surface area (Å²) in [6, 6.07) is 4.40. The second-order valence-corrected chi connectivity index (χ2v) is 9.42. The Morgan fingerprint density at radius 3 is 1.56 bits per heavy atom. The van der Waals surface area contributed by atoms with Crippen molar-refractivity contribution in [3.63, 3.8) is 0 Å². The summed E-state index contributed by atoms with van der Waals surface area (Å²) >= 11 is 0. The van der Waals surface area contributed by atoms with E-state index in [1.165, 1.54) is 93.7 Å². The molecule has 1 heteroatoms. The van der Waals surface area contributed by atoms with Crippen LogP contribution < -0.4 is 0 Å². The molecule has 0 aliphatic carbocycles. The maximum absolute atomic E-state index is 10.6. The van der Waals surface area contributed by atoms with Crippen molar-refractivity contribution in [3.05, 3.63) is 28.8 Å². The summed E-state index contributed by atoms with van der Waals surface area (Å²) in [7, 11) is 0. The number of hydrogen-bond donors (Lipinski definition) is 1. The predicted molar refractivity (Wildman–Crippen MR) is 121 cm³/mol. The van der Waals surface area contributed by atoms with Gasteiger partial charge in [0.15, 0.2) is 0 Å². The number of benzene rings is 1. The van der Waals surface area contributed by atoms with Crippen LogP contribution in [0.5, 0.6) is 5.75 Å². The van der Waals surface area contributed by atoms with E-state index in [4.69, 9.17) is 0 Å². The second-order valence-electron chi connectivity index (χ2n) is 9.42. The van der Waals surface area contributed by atoms with Crippen molar-refractivity contribution in [2.24, 2.45) is 0 Å². The maximum Gasteiger partial charge on any atom is 0.119 e. The molecule has 1 aromatic carbocycles. The summed E-state index contributed by atoms with van der Waals surface area (Å²) in [6.45, 7) is 11.3. The van der Waals surface area contributed by atoms with Gasteiger partial charge in [0, 0.05) is 0 Å². The van der Waals surface area contributed by atoms with Crippen LogP contribution in [0.1, 0.15) is 128 Å². The largest absolute Gasteiger partial charge is 0.508 e. The molecule has 0 saturated carbocycles. The van der Waals surface area contributed by atoms with E-state index in [0.29, 0.717) is 5.75 Å². The van der Waals surface area contributed by atoms with Crippen LogP contribution in [-0.4, -0.2) is 5.11 Å². The molecule has 1 nitrogen and oxygen atoms in total. The van der Waals surface area contributed by atoms with Crippen molar-refractivity contribution in [2.45, 2.75) is 130 Å². The normalized spacial score (nSPS) is 11.9. The Kier molecular flexibility index (Phi) is 11.8. The summed E-state index contributed by atoms with van der Waals surface area (Å²) in [4.78, 5) is 0. The molecular formula is C26H46O. The molecule has 0 aliphatic heterocycles. The lowest BCUT2D eigenvalue weighted by Crippen LogP contribution is -2.15. The molecule has 0 aromatic heterocycles. The Hall–Kier alpha value is -0.980. The van der Waals surface area contributed by atoms with Crippen LogP contribution in [0.25, 0.3) is 0 Å². The third kappa shape index (κ3) is 9.67. The van der Waals surface area contributed by atoms with Crippen LogP contribution in [0.4, 0.5) is 0 Å². The molecule has 27 heavy (non-hydrogen) atoms. The SMILES string of the molecule is CCCCCCCCc1cc(CCCCCCCC)c(C(C)(C)C)cc1O. The lowest BCUT2D eigenvalue weighted by atomic mass is 9.81. The number of hydrogen-bond acceptors (Lipinski definition) is 1. The van der Waals surface area contributed by atoms with Crippen molar-refractivity contribution >= 4 is 0 Å². The van der Waals surface area contributed by atoms with Gasteiger partial charge in [-0.3, -0.25) is 0 Å². The highest BCUT2D eigenvalue weighted by Crippen LogP contribution is 2.33. The molecule has 0 fully saturated rings. The van der Waals surface area contributed by atoms with E-state index in [1.54, 1.807) is 0 Å². The van der Waals surface area contributed by atoms with Gasteiger partial charge in [0.25, 0.3) is 0 Å². The van der Waals surface area contributed by atoms with Crippen LogP contribution in [0.2, 0.25) is 0 Å². The average Bonchev–Trinajstić information content (AvgIpc) is 2.61. The number of aryl methyl sites for hydroxylation is 2. The summed E-state index contributed by atoms with van der Waals surface area (Å²) in [5.74, 6) is 0.514. The molecule has 0 spiro atoms. The van der Waals surface area contributed by atoms with Gasteiger partial charge in [-0.05, 0) is 53.9 Å². The third-order valence-corrected chi connectivity index (χ3v) is 5.71. The fraction of sp³-hybridized carbons (Fsp3) is 0.769. The minimum atomic E-state index is 0.0910. The van der Waals surface area contributed by atoms with Crippen LogP contribution >= 0.6 is 0 Å². The molecule has 0 bridgehead atoms. The van der Waals surface area contributed by atoms with E-state index in [0.717, 1.165) is 12.8 Å². The number of phenolic OH excluding ortho intramolecular Hbond substituents is 1. The van der Waals surface area contributed by atoms with Gasteiger partial charge in [-0.1, -0.05) is 105 Å². The molecule has 1 N–H and O–H groups in total. The second kappa shape index (κ2) is 13.2. The van der Waals surface area contributed by atoms with Gasteiger partial charge < -0.3 is 5.11 Å². The topological polar surface area (TPSA) is 20.2 Å². The van der Waals surface area contributed by atoms with Gasteiger partial charge >= 0.3 is 0 Å². The molecule has 1 aromatic rings. The standard InChI is InChI=1S/C26H46O/c1-6-8-10-12-14-16-18-22-20-23(19-17-15-13-11-9-7-2)25(27)21-24(22)26(3,4)5/h20-21,27H,6-19H2,1-5H3. The Morgan fingerprint density at radius 1 is 0.630 bits per heavy atom. The van der Waals surface area contributed by atoms with Crippen molar-refractivity contribution in [3.8, 4) is 5.75 Å². The zero-order valence-corrected chi connectivity index (χ0v) is 19.0. The van der Waals surface area contributed by atoms with Crippen molar-refractivity contribution in [1.29, 1.82) is 0 Å². The zero-order chi connectivity index (χ0) is 20.1. The average molecular weight is 375 g/mol. The van der Waals surface area contributed by atoms with E-state index < -0.39 is 0 Å². The molecule has 0 aliphatic rings. The van der Waals surface area contributed by atoms with Gasteiger partial charge in [0.2, 0.25) is 0 Å². The molecule has 0 heterocycles. The number of phenols is 1.